The lowest BCUT2D eigenvalue weighted by atomic mass is 9.83. The molecule has 0 aromatic rings. The summed E-state index contributed by atoms with van der Waals surface area (Å²) in [6.45, 7) is 1.82. The Morgan fingerprint density at radius 3 is 2.00 bits per heavy atom. The van der Waals surface area contributed by atoms with Crippen LogP contribution in [-0.4, -0.2) is 23.0 Å². The molecule has 0 radical (unpaired) electrons. The van der Waals surface area contributed by atoms with Gasteiger partial charge in [0.2, 0.25) is 0 Å². The summed E-state index contributed by atoms with van der Waals surface area (Å²) in [6.07, 6.45) is 0.289. The lowest BCUT2D eigenvalue weighted by Gasteiger charge is -2.38. The zero-order valence-electron chi connectivity index (χ0n) is 5.61. The summed E-state index contributed by atoms with van der Waals surface area (Å²) in [5, 5.41) is 9.08. The quantitative estimate of drug-likeness (QED) is 0.537. The van der Waals surface area contributed by atoms with Gasteiger partial charge in [-0.15, -0.1) is 0 Å². The predicted octanol–water partition coefficient (Wildman–Crippen LogP) is -0.00730. The molecule has 1 rings (SSSR count). The third-order valence-electron chi connectivity index (χ3n) is 1.82. The van der Waals surface area contributed by atoms with E-state index in [4.69, 9.17) is 9.66 Å². The van der Waals surface area contributed by atoms with Crippen LogP contribution in [0.3, 0.4) is 0 Å². The van der Waals surface area contributed by atoms with Gasteiger partial charge in [0.1, 0.15) is 0 Å². The van der Waals surface area contributed by atoms with E-state index in [0.717, 1.165) is 0 Å². The third kappa shape index (κ3) is 1.04. The Bertz CT molecular complexity index is 224. The first-order valence-electron chi connectivity index (χ1n) is 3.04. The van der Waals surface area contributed by atoms with Crippen LogP contribution in [0.15, 0.2) is 0 Å². The van der Waals surface area contributed by atoms with Crippen molar-refractivity contribution in [3.8, 4) is 0 Å². The maximum Gasteiger partial charge on any atom is 0.294 e. The molecule has 10 heavy (non-hydrogen) atoms. The highest BCUT2D eigenvalue weighted by molar-refractivity contribution is 7.87. The Hall–Kier alpha value is -0.130. The van der Waals surface area contributed by atoms with E-state index < -0.39 is 15.1 Å². The molecule has 0 saturated heterocycles. The lowest BCUT2D eigenvalue weighted by molar-refractivity contribution is -0.000105. The van der Waals surface area contributed by atoms with Crippen molar-refractivity contribution in [3.63, 3.8) is 0 Å². The zero-order valence-corrected chi connectivity index (χ0v) is 6.43. The molecule has 0 amide bonds. The second-order valence-electron chi connectivity index (χ2n) is 2.93. The first kappa shape index (κ1) is 7.97. The third-order valence-corrected chi connectivity index (χ3v) is 3.11. The van der Waals surface area contributed by atoms with Crippen molar-refractivity contribution in [3.05, 3.63) is 0 Å². The fourth-order valence-corrected chi connectivity index (χ4v) is 2.23. The molecule has 60 valence electrons. The summed E-state index contributed by atoms with van der Waals surface area (Å²) in [5.41, 5.74) is 0. The molecule has 0 bridgehead atoms. The SMILES string of the molecule is CC1CC(O)(S(=O)(=O)O)C1. The van der Waals surface area contributed by atoms with Gasteiger partial charge in [0.05, 0.1) is 0 Å². The summed E-state index contributed by atoms with van der Waals surface area (Å²) in [6, 6.07) is 0. The molecule has 1 saturated carbocycles. The van der Waals surface area contributed by atoms with Gasteiger partial charge in [0.15, 0.2) is 4.93 Å². The first-order chi connectivity index (χ1) is 4.35. The Kier molecular flexibility index (Phi) is 1.54. The maximum absolute atomic E-state index is 10.4. The topological polar surface area (TPSA) is 74.6 Å². The monoisotopic (exact) mass is 166 g/mol. The second-order valence-corrected chi connectivity index (χ2v) is 4.64. The molecule has 1 aliphatic carbocycles. The minimum Gasteiger partial charge on any atom is -0.372 e. The van der Waals surface area contributed by atoms with Crippen molar-refractivity contribution >= 4 is 10.1 Å². The van der Waals surface area contributed by atoms with Gasteiger partial charge in [-0.1, -0.05) is 6.92 Å². The van der Waals surface area contributed by atoms with E-state index in [1.807, 2.05) is 6.92 Å². The van der Waals surface area contributed by atoms with Gasteiger partial charge in [-0.05, 0) is 18.8 Å². The van der Waals surface area contributed by atoms with Crippen LogP contribution in [0.5, 0.6) is 0 Å². The Balaban J connectivity index is 2.76. The minimum absolute atomic E-state index is 0.145. The molecule has 1 aliphatic rings. The van der Waals surface area contributed by atoms with Crippen molar-refractivity contribution in [1.29, 1.82) is 0 Å². The van der Waals surface area contributed by atoms with Crippen molar-refractivity contribution in [1.82, 2.24) is 0 Å². The van der Waals surface area contributed by atoms with E-state index in [2.05, 4.69) is 0 Å². The largest absolute Gasteiger partial charge is 0.372 e. The molecule has 0 atom stereocenters. The lowest BCUT2D eigenvalue weighted by Crippen LogP contribution is -2.49. The van der Waals surface area contributed by atoms with Gasteiger partial charge >= 0.3 is 0 Å². The van der Waals surface area contributed by atoms with Crippen molar-refractivity contribution < 1.29 is 18.1 Å². The highest BCUT2D eigenvalue weighted by atomic mass is 32.2. The van der Waals surface area contributed by atoms with Crippen LogP contribution in [0.4, 0.5) is 0 Å². The fourth-order valence-electron chi connectivity index (χ4n) is 1.24. The second kappa shape index (κ2) is 1.93. The van der Waals surface area contributed by atoms with Gasteiger partial charge < -0.3 is 5.11 Å². The molecule has 1 fully saturated rings. The normalized spacial score (nSPS) is 40.9. The van der Waals surface area contributed by atoms with E-state index in [-0.39, 0.29) is 18.8 Å². The summed E-state index contributed by atoms with van der Waals surface area (Å²) in [5.74, 6) is 0.187. The average molecular weight is 166 g/mol. The highest BCUT2D eigenvalue weighted by Crippen LogP contribution is 2.40. The molecule has 2 N–H and O–H groups in total. The molecule has 0 aromatic carbocycles. The molecule has 0 aromatic heterocycles. The Labute approximate surface area is 59.6 Å². The average Bonchev–Trinajstić information content (AvgIpc) is 1.58. The molecular weight excluding hydrogens is 156 g/mol. The van der Waals surface area contributed by atoms with Crippen molar-refractivity contribution in [2.24, 2.45) is 5.92 Å². The first-order valence-corrected chi connectivity index (χ1v) is 4.48. The zero-order chi connectivity index (χ0) is 7.99. The van der Waals surface area contributed by atoms with Crippen LogP contribution in [-0.2, 0) is 10.1 Å². The minimum atomic E-state index is -4.24. The van der Waals surface area contributed by atoms with E-state index >= 15 is 0 Å². The number of hydrogen-bond donors (Lipinski definition) is 2. The molecule has 0 unspecified atom stereocenters. The van der Waals surface area contributed by atoms with Crippen molar-refractivity contribution in [2.45, 2.75) is 24.7 Å². The van der Waals surface area contributed by atoms with E-state index in [1.165, 1.54) is 0 Å². The van der Waals surface area contributed by atoms with Gasteiger partial charge in [-0.2, -0.15) is 8.42 Å². The molecular formula is C5H10O4S. The van der Waals surface area contributed by atoms with Gasteiger partial charge in [0, 0.05) is 0 Å². The molecule has 0 aliphatic heterocycles. The molecule has 5 heteroatoms. The van der Waals surface area contributed by atoms with Gasteiger partial charge in [0.25, 0.3) is 10.1 Å². The van der Waals surface area contributed by atoms with Crippen LogP contribution < -0.4 is 0 Å². The number of hydrogen-bond acceptors (Lipinski definition) is 3. The van der Waals surface area contributed by atoms with Crippen LogP contribution in [0.25, 0.3) is 0 Å². The number of rotatable bonds is 1. The summed E-state index contributed by atoms with van der Waals surface area (Å²) in [4.78, 5) is -1.84. The van der Waals surface area contributed by atoms with Crippen LogP contribution >= 0.6 is 0 Å². The Morgan fingerprint density at radius 1 is 1.50 bits per heavy atom. The van der Waals surface area contributed by atoms with Crippen LogP contribution in [0.1, 0.15) is 19.8 Å². The van der Waals surface area contributed by atoms with Gasteiger partial charge in [-0.3, -0.25) is 4.55 Å². The molecule has 0 spiro atoms. The smallest absolute Gasteiger partial charge is 0.294 e. The highest BCUT2D eigenvalue weighted by Gasteiger charge is 2.50. The van der Waals surface area contributed by atoms with Crippen LogP contribution in [0, 0.1) is 5.92 Å². The standard InChI is InChI=1S/C5H10O4S/c1-4-2-5(6,3-4)10(7,8)9/h4,6H,2-3H2,1H3,(H,7,8,9). The molecule has 0 heterocycles. The van der Waals surface area contributed by atoms with Crippen LogP contribution in [0.2, 0.25) is 0 Å². The molecule has 4 nitrogen and oxygen atoms in total. The van der Waals surface area contributed by atoms with E-state index in [0.29, 0.717) is 0 Å². The Morgan fingerprint density at radius 2 is 1.90 bits per heavy atom. The van der Waals surface area contributed by atoms with E-state index in [1.54, 1.807) is 0 Å². The maximum atomic E-state index is 10.4. The predicted molar refractivity (Wildman–Crippen MR) is 34.9 cm³/mol. The summed E-state index contributed by atoms with van der Waals surface area (Å²) in [7, 11) is -4.24. The van der Waals surface area contributed by atoms with E-state index in [9.17, 15) is 8.42 Å². The number of aliphatic hydroxyl groups is 1. The summed E-state index contributed by atoms with van der Waals surface area (Å²) < 4.78 is 29.2. The van der Waals surface area contributed by atoms with Crippen molar-refractivity contribution in [2.75, 3.05) is 0 Å². The summed E-state index contributed by atoms with van der Waals surface area (Å²) >= 11 is 0. The van der Waals surface area contributed by atoms with Gasteiger partial charge in [-0.25, -0.2) is 0 Å². The fraction of sp³-hybridized carbons (Fsp3) is 1.00.